The molecule has 0 heterocycles. The van der Waals surface area contributed by atoms with E-state index in [0.29, 0.717) is 11.1 Å². The van der Waals surface area contributed by atoms with Gasteiger partial charge in [0.15, 0.2) is 0 Å². The van der Waals surface area contributed by atoms with Gasteiger partial charge in [-0.2, -0.15) is 0 Å². The van der Waals surface area contributed by atoms with Crippen molar-refractivity contribution in [2.45, 2.75) is 66.2 Å². The minimum absolute atomic E-state index is 0.126. The van der Waals surface area contributed by atoms with E-state index in [2.05, 4.69) is 0 Å². The van der Waals surface area contributed by atoms with E-state index in [1.165, 1.54) is 12.1 Å². The first-order valence-electron chi connectivity index (χ1n) is 8.17. The Kier molecular flexibility index (Phi) is 6.35. The van der Waals surface area contributed by atoms with Gasteiger partial charge in [0, 0.05) is 12.1 Å². The average Bonchev–Trinajstić information content (AvgIpc) is 2.41. The van der Waals surface area contributed by atoms with Gasteiger partial charge in [0.1, 0.15) is 11.2 Å². The molecule has 8 heteroatoms. The van der Waals surface area contributed by atoms with Gasteiger partial charge >= 0.3 is 12.2 Å². The van der Waals surface area contributed by atoms with Crippen molar-refractivity contribution < 1.29 is 24.0 Å². The number of non-ortho nitro benzene ring substituents is 1. The summed E-state index contributed by atoms with van der Waals surface area (Å²) in [6, 6.07) is 4.26. The second kappa shape index (κ2) is 7.72. The first kappa shape index (κ1) is 21.4. The summed E-state index contributed by atoms with van der Waals surface area (Å²) in [4.78, 5) is 36.3. The van der Waals surface area contributed by atoms with Crippen molar-refractivity contribution in [2.75, 3.05) is 0 Å². The molecule has 26 heavy (non-hydrogen) atoms. The van der Waals surface area contributed by atoms with Crippen LogP contribution in [0.1, 0.15) is 52.7 Å². The quantitative estimate of drug-likeness (QED) is 0.574. The molecular formula is C18H26N2O6. The molecule has 1 rings (SSSR count). The van der Waals surface area contributed by atoms with Gasteiger partial charge in [-0.25, -0.2) is 14.5 Å². The molecule has 0 aliphatic heterocycles. The third-order valence-corrected chi connectivity index (χ3v) is 3.10. The van der Waals surface area contributed by atoms with Crippen molar-refractivity contribution in [3.63, 3.8) is 0 Å². The highest BCUT2D eigenvalue weighted by Crippen LogP contribution is 2.22. The molecular weight excluding hydrogens is 340 g/mol. The highest BCUT2D eigenvalue weighted by molar-refractivity contribution is 5.88. The first-order valence-corrected chi connectivity index (χ1v) is 8.17. The number of amides is 2. The SMILES string of the molecule is Cc1ccc([N+](=O)[O-])cc1CN(C(=O)OC(C)(C)C)C(=O)OC(C)(C)C. The number of hydrogen-bond donors (Lipinski definition) is 0. The number of rotatable bonds is 3. The molecule has 0 aliphatic carbocycles. The maximum atomic E-state index is 12.5. The molecule has 0 spiro atoms. The Morgan fingerprint density at radius 2 is 1.50 bits per heavy atom. The van der Waals surface area contributed by atoms with Gasteiger partial charge in [-0.1, -0.05) is 6.07 Å². The van der Waals surface area contributed by atoms with Crippen LogP contribution < -0.4 is 0 Å². The van der Waals surface area contributed by atoms with Crippen molar-refractivity contribution in [3.05, 3.63) is 39.4 Å². The second-order valence-corrected chi connectivity index (χ2v) is 7.91. The molecule has 0 aromatic heterocycles. The van der Waals surface area contributed by atoms with Gasteiger partial charge in [-0.3, -0.25) is 10.1 Å². The predicted molar refractivity (Wildman–Crippen MR) is 95.8 cm³/mol. The van der Waals surface area contributed by atoms with Gasteiger partial charge in [0.05, 0.1) is 11.5 Å². The van der Waals surface area contributed by atoms with Crippen LogP contribution in [0.5, 0.6) is 0 Å². The molecule has 0 radical (unpaired) electrons. The number of imide groups is 1. The van der Waals surface area contributed by atoms with Gasteiger partial charge in [0.25, 0.3) is 5.69 Å². The van der Waals surface area contributed by atoms with Crippen LogP contribution in [0.2, 0.25) is 0 Å². The monoisotopic (exact) mass is 366 g/mol. The minimum Gasteiger partial charge on any atom is -0.443 e. The van der Waals surface area contributed by atoms with Crippen molar-refractivity contribution in [3.8, 4) is 0 Å². The maximum absolute atomic E-state index is 12.5. The molecule has 0 bridgehead atoms. The molecule has 1 aromatic carbocycles. The fourth-order valence-electron chi connectivity index (χ4n) is 1.95. The van der Waals surface area contributed by atoms with Gasteiger partial charge in [0.2, 0.25) is 0 Å². The van der Waals surface area contributed by atoms with E-state index in [9.17, 15) is 19.7 Å². The van der Waals surface area contributed by atoms with Crippen LogP contribution in [0.3, 0.4) is 0 Å². The summed E-state index contributed by atoms with van der Waals surface area (Å²) in [5.74, 6) is 0. The maximum Gasteiger partial charge on any atom is 0.420 e. The number of nitro groups is 1. The molecule has 0 unspecified atom stereocenters. The van der Waals surface area contributed by atoms with Crippen LogP contribution in [0.4, 0.5) is 15.3 Å². The topological polar surface area (TPSA) is 99.0 Å². The summed E-state index contributed by atoms with van der Waals surface area (Å²) >= 11 is 0. The van der Waals surface area contributed by atoms with Crippen molar-refractivity contribution in [1.29, 1.82) is 0 Å². The number of aryl methyl sites for hydroxylation is 1. The lowest BCUT2D eigenvalue weighted by Gasteiger charge is -2.28. The summed E-state index contributed by atoms with van der Waals surface area (Å²) < 4.78 is 10.6. The van der Waals surface area contributed by atoms with Crippen molar-refractivity contribution >= 4 is 17.9 Å². The Bertz CT molecular complexity index is 673. The molecule has 0 saturated heterocycles. The molecule has 0 saturated carbocycles. The summed E-state index contributed by atoms with van der Waals surface area (Å²) in [5.41, 5.74) is -0.591. The van der Waals surface area contributed by atoms with E-state index >= 15 is 0 Å². The van der Waals surface area contributed by atoms with Gasteiger partial charge in [-0.05, 0) is 59.6 Å². The highest BCUT2D eigenvalue weighted by atomic mass is 16.6. The van der Waals surface area contributed by atoms with Crippen LogP contribution in [0, 0.1) is 17.0 Å². The Balaban J connectivity index is 3.20. The summed E-state index contributed by atoms with van der Waals surface area (Å²) in [7, 11) is 0. The van der Waals surface area contributed by atoms with Crippen LogP contribution in [-0.4, -0.2) is 33.2 Å². The lowest BCUT2D eigenvalue weighted by atomic mass is 10.1. The molecule has 0 fully saturated rings. The molecule has 144 valence electrons. The van der Waals surface area contributed by atoms with Crippen molar-refractivity contribution in [1.82, 2.24) is 4.90 Å². The normalized spacial score (nSPS) is 11.7. The lowest BCUT2D eigenvalue weighted by Crippen LogP contribution is -2.43. The fraction of sp³-hybridized carbons (Fsp3) is 0.556. The van der Waals surface area contributed by atoms with Crippen LogP contribution in [0.25, 0.3) is 0 Å². The van der Waals surface area contributed by atoms with E-state index in [4.69, 9.17) is 9.47 Å². The van der Waals surface area contributed by atoms with E-state index in [1.807, 2.05) is 0 Å². The number of nitrogens with zero attached hydrogens (tertiary/aromatic N) is 2. The zero-order valence-corrected chi connectivity index (χ0v) is 16.3. The third kappa shape index (κ3) is 6.70. The number of carbonyl (C=O) groups excluding carboxylic acids is 2. The standard InChI is InChI=1S/C18H26N2O6/c1-12-8-9-14(20(23)24)10-13(12)11-19(15(21)25-17(2,3)4)16(22)26-18(5,6)7/h8-10H,11H2,1-7H3. The Morgan fingerprint density at radius 3 is 1.88 bits per heavy atom. The number of hydrogen-bond acceptors (Lipinski definition) is 6. The molecule has 0 aliphatic rings. The zero-order chi connectivity index (χ0) is 20.3. The lowest BCUT2D eigenvalue weighted by molar-refractivity contribution is -0.384. The molecule has 0 N–H and O–H groups in total. The zero-order valence-electron chi connectivity index (χ0n) is 16.3. The van der Waals surface area contributed by atoms with E-state index in [1.54, 1.807) is 54.5 Å². The summed E-state index contributed by atoms with van der Waals surface area (Å²) in [6.45, 7) is 11.6. The molecule has 2 amide bonds. The Labute approximate surface area is 153 Å². The number of ether oxygens (including phenoxy) is 2. The largest absolute Gasteiger partial charge is 0.443 e. The van der Waals surface area contributed by atoms with E-state index in [0.717, 1.165) is 4.90 Å². The van der Waals surface area contributed by atoms with E-state index < -0.39 is 28.3 Å². The molecule has 1 aromatic rings. The van der Waals surface area contributed by atoms with Gasteiger partial charge in [-0.15, -0.1) is 0 Å². The predicted octanol–water partition coefficient (Wildman–Crippen LogP) is 4.58. The number of carbonyl (C=O) groups is 2. The Morgan fingerprint density at radius 1 is 1.04 bits per heavy atom. The van der Waals surface area contributed by atoms with Crippen LogP contribution in [-0.2, 0) is 16.0 Å². The molecule has 8 nitrogen and oxygen atoms in total. The van der Waals surface area contributed by atoms with Crippen LogP contribution in [0.15, 0.2) is 18.2 Å². The van der Waals surface area contributed by atoms with Gasteiger partial charge < -0.3 is 9.47 Å². The second-order valence-electron chi connectivity index (χ2n) is 7.91. The molecule has 0 atom stereocenters. The summed E-state index contributed by atoms with van der Waals surface area (Å²) in [5, 5.41) is 11.0. The van der Waals surface area contributed by atoms with Crippen LogP contribution >= 0.6 is 0 Å². The minimum atomic E-state index is -0.877. The van der Waals surface area contributed by atoms with Crippen molar-refractivity contribution in [2.24, 2.45) is 0 Å². The Hall–Kier alpha value is -2.64. The smallest absolute Gasteiger partial charge is 0.420 e. The fourth-order valence-corrected chi connectivity index (χ4v) is 1.95. The third-order valence-electron chi connectivity index (χ3n) is 3.10. The van der Waals surface area contributed by atoms with E-state index in [-0.39, 0.29) is 12.2 Å². The number of nitro benzene ring substituents is 1. The average molecular weight is 366 g/mol. The summed E-state index contributed by atoms with van der Waals surface area (Å²) in [6.07, 6.45) is -1.75. The first-order chi connectivity index (χ1) is 11.7. The highest BCUT2D eigenvalue weighted by Gasteiger charge is 2.31. The number of benzene rings is 1.